The lowest BCUT2D eigenvalue weighted by Gasteiger charge is -1.91. The van der Waals surface area contributed by atoms with Gasteiger partial charge in [0.05, 0.1) is 12.0 Å². The van der Waals surface area contributed by atoms with Crippen molar-refractivity contribution in [2.45, 2.75) is 10.1 Å². The van der Waals surface area contributed by atoms with Crippen LogP contribution in [0.4, 0.5) is 0 Å². The highest BCUT2D eigenvalue weighted by Gasteiger charge is 2.02. The Labute approximate surface area is 92.5 Å². The summed E-state index contributed by atoms with van der Waals surface area (Å²) < 4.78 is 7.17. The van der Waals surface area contributed by atoms with Crippen LogP contribution in [0.2, 0.25) is 0 Å². The van der Waals surface area contributed by atoms with E-state index >= 15 is 0 Å². The molecule has 0 bridgehead atoms. The molecule has 2 aromatic heterocycles. The average molecular weight is 276 g/mol. The van der Waals surface area contributed by atoms with Crippen LogP contribution < -0.4 is 0 Å². The van der Waals surface area contributed by atoms with Gasteiger partial charge in [-0.1, -0.05) is 11.8 Å². The van der Waals surface area contributed by atoms with Crippen molar-refractivity contribution < 1.29 is 4.42 Å². The maximum Gasteiger partial charge on any atom is 0.151 e. The molecule has 0 aromatic carbocycles. The fourth-order valence-corrected chi connectivity index (χ4v) is 3.11. The molecule has 0 spiro atoms. The van der Waals surface area contributed by atoms with E-state index in [-0.39, 0.29) is 0 Å². The molecule has 2 rings (SSSR count). The second-order valence-corrected chi connectivity index (χ2v) is 5.20. The number of halogens is 1. The summed E-state index contributed by atoms with van der Waals surface area (Å²) in [6.45, 7) is 0. The smallest absolute Gasteiger partial charge is 0.151 e. The average Bonchev–Trinajstić information content (AvgIpc) is 2.71. The molecule has 0 radical (unpaired) electrons. The molecule has 68 valence electrons. The van der Waals surface area contributed by atoms with E-state index in [1.165, 1.54) is 0 Å². The molecule has 0 amide bonds. The van der Waals surface area contributed by atoms with Crippen molar-refractivity contribution in [3.05, 3.63) is 34.1 Å². The Hall–Kier alpha value is -0.260. The van der Waals surface area contributed by atoms with Crippen molar-refractivity contribution in [2.75, 3.05) is 0 Å². The first-order valence-electron chi connectivity index (χ1n) is 3.61. The highest BCUT2D eigenvalue weighted by Crippen LogP contribution is 2.27. The Morgan fingerprint density at radius 1 is 1.62 bits per heavy atom. The normalized spacial score (nSPS) is 10.5. The zero-order valence-electron chi connectivity index (χ0n) is 6.57. The minimum atomic E-state index is 0.840. The van der Waals surface area contributed by atoms with Gasteiger partial charge >= 0.3 is 0 Å². The van der Waals surface area contributed by atoms with Crippen LogP contribution in [0.25, 0.3) is 0 Å². The van der Waals surface area contributed by atoms with Gasteiger partial charge in [-0.25, -0.2) is 4.98 Å². The first-order valence-corrected chi connectivity index (χ1v) is 6.26. The predicted octanol–water partition coefficient (Wildman–Crippen LogP) is 3.79. The number of thioether (sulfide) groups is 1. The molecule has 0 aliphatic carbocycles. The van der Waals surface area contributed by atoms with Gasteiger partial charge in [-0.3, -0.25) is 0 Å². The van der Waals surface area contributed by atoms with E-state index in [1.54, 1.807) is 29.4 Å². The zero-order valence-corrected chi connectivity index (χ0v) is 9.79. The Morgan fingerprint density at radius 3 is 3.15 bits per heavy atom. The third kappa shape index (κ3) is 2.59. The van der Waals surface area contributed by atoms with Gasteiger partial charge in [0.1, 0.15) is 10.4 Å². The summed E-state index contributed by atoms with van der Waals surface area (Å²) in [6, 6.07) is 3.86. The van der Waals surface area contributed by atoms with E-state index in [2.05, 4.69) is 20.9 Å². The molecule has 2 aromatic rings. The van der Waals surface area contributed by atoms with Crippen LogP contribution in [0, 0.1) is 0 Å². The molecule has 0 N–H and O–H groups in total. The summed E-state index contributed by atoms with van der Waals surface area (Å²) >= 11 is 6.63. The monoisotopic (exact) mass is 275 g/mol. The molecule has 0 atom stereocenters. The summed E-state index contributed by atoms with van der Waals surface area (Å²) in [5.41, 5.74) is 0. The van der Waals surface area contributed by atoms with Gasteiger partial charge in [0.2, 0.25) is 0 Å². The molecular formula is C8H6BrNOS2. The molecule has 5 heteroatoms. The lowest BCUT2D eigenvalue weighted by atomic mass is 10.5. The zero-order chi connectivity index (χ0) is 9.10. The summed E-state index contributed by atoms with van der Waals surface area (Å²) in [7, 11) is 0. The molecule has 0 aliphatic rings. The molecule has 2 heterocycles. The van der Waals surface area contributed by atoms with Crippen LogP contribution in [0.1, 0.15) is 5.76 Å². The number of hydrogen-bond donors (Lipinski definition) is 0. The summed E-state index contributed by atoms with van der Waals surface area (Å²) in [5, 5.41) is 1.98. The van der Waals surface area contributed by atoms with Crippen LogP contribution in [-0.4, -0.2) is 4.98 Å². The number of aromatic nitrogens is 1. The Morgan fingerprint density at radius 2 is 2.54 bits per heavy atom. The van der Waals surface area contributed by atoms with E-state index in [1.807, 2.05) is 17.5 Å². The molecular weight excluding hydrogens is 270 g/mol. The third-order valence-electron chi connectivity index (χ3n) is 1.37. The van der Waals surface area contributed by atoms with Crippen LogP contribution in [0.5, 0.6) is 0 Å². The van der Waals surface area contributed by atoms with Crippen molar-refractivity contribution in [1.82, 2.24) is 4.98 Å². The van der Waals surface area contributed by atoms with E-state index in [0.717, 1.165) is 20.5 Å². The maximum atomic E-state index is 5.21. The minimum absolute atomic E-state index is 0.840. The molecule has 0 saturated carbocycles. The van der Waals surface area contributed by atoms with Gasteiger partial charge in [-0.05, 0) is 28.1 Å². The number of nitrogens with zero attached hydrogens (tertiary/aromatic N) is 1. The molecule has 0 unspecified atom stereocenters. The Kier molecular flexibility index (Phi) is 3.08. The van der Waals surface area contributed by atoms with Crippen molar-refractivity contribution >= 4 is 39.0 Å². The molecule has 0 fully saturated rings. The topological polar surface area (TPSA) is 26.0 Å². The molecule has 13 heavy (non-hydrogen) atoms. The van der Waals surface area contributed by atoms with Gasteiger partial charge < -0.3 is 4.42 Å². The van der Waals surface area contributed by atoms with Gasteiger partial charge in [0.25, 0.3) is 0 Å². The van der Waals surface area contributed by atoms with Crippen molar-refractivity contribution in [3.8, 4) is 0 Å². The first-order chi connectivity index (χ1) is 6.34. The fraction of sp³-hybridized carbons (Fsp3) is 0.125. The molecule has 0 saturated heterocycles. The van der Waals surface area contributed by atoms with Crippen LogP contribution >= 0.6 is 39.0 Å². The van der Waals surface area contributed by atoms with E-state index < -0.39 is 0 Å². The molecule has 2 nitrogen and oxygen atoms in total. The van der Waals surface area contributed by atoms with Crippen LogP contribution in [0.3, 0.4) is 0 Å². The first kappa shape index (κ1) is 9.30. The second-order valence-electron chi connectivity index (χ2n) is 2.30. The summed E-state index contributed by atoms with van der Waals surface area (Å²) in [6.07, 6.45) is 1.69. The van der Waals surface area contributed by atoms with E-state index in [9.17, 15) is 0 Å². The Bertz CT molecular complexity index is 371. The van der Waals surface area contributed by atoms with Crippen molar-refractivity contribution in [2.24, 2.45) is 0 Å². The third-order valence-corrected chi connectivity index (χ3v) is 4.13. The van der Waals surface area contributed by atoms with E-state index in [4.69, 9.17) is 4.42 Å². The van der Waals surface area contributed by atoms with Gasteiger partial charge in [-0.15, -0.1) is 11.3 Å². The predicted molar refractivity (Wildman–Crippen MR) is 58.1 cm³/mol. The number of furan rings is 1. The van der Waals surface area contributed by atoms with Crippen molar-refractivity contribution in [1.29, 1.82) is 0 Å². The quantitative estimate of drug-likeness (QED) is 0.798. The SMILES string of the molecule is Brc1csc(SCc2ccco2)n1. The minimum Gasteiger partial charge on any atom is -0.468 e. The largest absolute Gasteiger partial charge is 0.468 e. The van der Waals surface area contributed by atoms with Gasteiger partial charge in [-0.2, -0.15) is 0 Å². The van der Waals surface area contributed by atoms with Gasteiger partial charge in [0.15, 0.2) is 4.34 Å². The standard InChI is InChI=1S/C8H6BrNOS2/c9-7-5-13-8(10-7)12-4-6-2-1-3-11-6/h1-3,5H,4H2. The number of hydrogen-bond acceptors (Lipinski definition) is 4. The van der Waals surface area contributed by atoms with E-state index in [0.29, 0.717) is 0 Å². The maximum absolute atomic E-state index is 5.21. The second kappa shape index (κ2) is 4.30. The number of thiazole rings is 1. The highest BCUT2D eigenvalue weighted by molar-refractivity contribution is 9.10. The van der Waals surface area contributed by atoms with Gasteiger partial charge in [0, 0.05) is 5.38 Å². The lowest BCUT2D eigenvalue weighted by Crippen LogP contribution is -1.74. The number of rotatable bonds is 3. The Balaban J connectivity index is 1.93. The lowest BCUT2D eigenvalue weighted by molar-refractivity contribution is 0.530. The summed E-state index contributed by atoms with van der Waals surface area (Å²) in [4.78, 5) is 4.27. The van der Waals surface area contributed by atoms with Crippen LogP contribution in [0.15, 0.2) is 37.1 Å². The summed E-state index contributed by atoms with van der Waals surface area (Å²) in [5.74, 6) is 1.82. The fourth-order valence-electron chi connectivity index (χ4n) is 0.833. The highest BCUT2D eigenvalue weighted by atomic mass is 79.9. The van der Waals surface area contributed by atoms with Crippen LogP contribution in [-0.2, 0) is 5.75 Å². The molecule has 0 aliphatic heterocycles. The van der Waals surface area contributed by atoms with Crippen molar-refractivity contribution in [3.63, 3.8) is 0 Å².